The van der Waals surface area contributed by atoms with E-state index in [-0.39, 0.29) is 0 Å². The first-order valence-corrected chi connectivity index (χ1v) is 7.87. The number of thioether (sulfide) groups is 1. The second-order valence-electron chi connectivity index (χ2n) is 4.67. The highest BCUT2D eigenvalue weighted by molar-refractivity contribution is 7.98. The van der Waals surface area contributed by atoms with Crippen molar-refractivity contribution in [3.05, 3.63) is 59.7 Å². The minimum Gasteiger partial charge on any atom is -0.496 e. The number of hydrogen-bond donors (Lipinski definition) is 0. The maximum atomic E-state index is 8.79. The van der Waals surface area contributed by atoms with Gasteiger partial charge in [-0.2, -0.15) is 5.26 Å². The highest BCUT2D eigenvalue weighted by Crippen LogP contribution is 2.31. The average molecular weight is 323 g/mol. The second kappa shape index (κ2) is 6.99. The first kappa shape index (κ1) is 15.1. The van der Waals surface area contributed by atoms with E-state index < -0.39 is 0 Å². The number of aromatic nitrogens is 2. The van der Waals surface area contributed by atoms with Crippen molar-refractivity contribution in [2.24, 2.45) is 0 Å². The summed E-state index contributed by atoms with van der Waals surface area (Å²) >= 11 is 1.45. The minimum absolute atomic E-state index is 0.435. The van der Waals surface area contributed by atoms with Crippen molar-refractivity contribution in [1.29, 1.82) is 5.26 Å². The summed E-state index contributed by atoms with van der Waals surface area (Å²) in [6, 6.07) is 17.0. The molecule has 3 aromatic rings. The van der Waals surface area contributed by atoms with E-state index in [1.54, 1.807) is 19.2 Å². The summed E-state index contributed by atoms with van der Waals surface area (Å²) in [4.78, 5) is 0. The number of nitrogens with zero attached hydrogens (tertiary/aromatic N) is 3. The van der Waals surface area contributed by atoms with Gasteiger partial charge in [0, 0.05) is 5.75 Å². The molecule has 3 rings (SSSR count). The van der Waals surface area contributed by atoms with Crippen LogP contribution in [-0.2, 0) is 5.75 Å². The van der Waals surface area contributed by atoms with E-state index in [9.17, 15) is 0 Å². The molecule has 0 aliphatic rings. The average Bonchev–Trinajstić information content (AvgIpc) is 3.09. The van der Waals surface area contributed by atoms with Crippen LogP contribution in [0.25, 0.3) is 11.5 Å². The maximum Gasteiger partial charge on any atom is 0.277 e. The molecule has 0 aliphatic heterocycles. The van der Waals surface area contributed by atoms with E-state index in [2.05, 4.69) is 16.3 Å². The van der Waals surface area contributed by atoms with Crippen LogP contribution in [-0.4, -0.2) is 17.3 Å². The van der Waals surface area contributed by atoms with Gasteiger partial charge in [0.25, 0.3) is 11.1 Å². The molecule has 0 amide bonds. The normalized spacial score (nSPS) is 10.3. The zero-order valence-electron chi connectivity index (χ0n) is 12.4. The molecule has 0 saturated heterocycles. The predicted octanol–water partition coefficient (Wildman–Crippen LogP) is 3.91. The Hall–Kier alpha value is -2.78. The summed E-state index contributed by atoms with van der Waals surface area (Å²) in [5, 5.41) is 17.4. The van der Waals surface area contributed by atoms with Crippen LogP contribution in [0.1, 0.15) is 11.1 Å². The van der Waals surface area contributed by atoms with Crippen molar-refractivity contribution < 1.29 is 9.15 Å². The Morgan fingerprint density at radius 3 is 2.65 bits per heavy atom. The molecule has 114 valence electrons. The molecular formula is C17H13N3O2S. The van der Waals surface area contributed by atoms with Gasteiger partial charge in [-0.25, -0.2) is 0 Å². The highest BCUT2D eigenvalue weighted by atomic mass is 32.2. The van der Waals surface area contributed by atoms with Crippen molar-refractivity contribution in [1.82, 2.24) is 10.2 Å². The lowest BCUT2D eigenvalue weighted by molar-refractivity contribution is 0.411. The molecule has 0 saturated carbocycles. The van der Waals surface area contributed by atoms with Crippen LogP contribution >= 0.6 is 11.8 Å². The first-order valence-electron chi connectivity index (χ1n) is 6.89. The van der Waals surface area contributed by atoms with Gasteiger partial charge >= 0.3 is 0 Å². The Labute approximate surface area is 137 Å². The molecule has 2 aromatic carbocycles. The third kappa shape index (κ3) is 3.52. The number of nitriles is 1. The van der Waals surface area contributed by atoms with Crippen LogP contribution < -0.4 is 4.74 Å². The molecule has 0 N–H and O–H groups in total. The topological polar surface area (TPSA) is 71.9 Å². The van der Waals surface area contributed by atoms with E-state index in [4.69, 9.17) is 14.4 Å². The lowest BCUT2D eigenvalue weighted by atomic mass is 10.2. The molecule has 1 aromatic heterocycles. The van der Waals surface area contributed by atoms with Crippen LogP contribution in [0.3, 0.4) is 0 Å². The van der Waals surface area contributed by atoms with E-state index in [1.165, 1.54) is 11.8 Å². The fourth-order valence-corrected chi connectivity index (χ4v) is 2.74. The summed E-state index contributed by atoms with van der Waals surface area (Å²) in [7, 11) is 1.61. The summed E-state index contributed by atoms with van der Waals surface area (Å²) in [5.41, 5.74) is 2.51. The molecule has 0 radical (unpaired) electrons. The zero-order valence-corrected chi connectivity index (χ0v) is 13.2. The fraction of sp³-hybridized carbons (Fsp3) is 0.118. The van der Waals surface area contributed by atoms with E-state index in [1.807, 2.05) is 36.4 Å². The van der Waals surface area contributed by atoms with E-state index >= 15 is 0 Å². The van der Waals surface area contributed by atoms with Crippen molar-refractivity contribution >= 4 is 11.8 Å². The predicted molar refractivity (Wildman–Crippen MR) is 87.0 cm³/mol. The van der Waals surface area contributed by atoms with Crippen LogP contribution in [0.5, 0.6) is 5.75 Å². The zero-order chi connectivity index (χ0) is 16.1. The molecule has 0 aliphatic carbocycles. The Balaban J connectivity index is 1.71. The second-order valence-corrected chi connectivity index (χ2v) is 5.60. The largest absolute Gasteiger partial charge is 0.496 e. The van der Waals surface area contributed by atoms with E-state index in [0.717, 1.165) is 11.1 Å². The Morgan fingerprint density at radius 2 is 1.91 bits per heavy atom. The van der Waals surface area contributed by atoms with Crippen molar-refractivity contribution in [2.75, 3.05) is 7.11 Å². The third-order valence-electron chi connectivity index (χ3n) is 3.19. The standard InChI is InChI=1S/C17H13N3O2S/c1-21-15-5-3-2-4-14(15)16-19-20-17(22-16)23-11-13-8-6-12(10-18)7-9-13/h2-9H,11H2,1H3. The van der Waals surface area contributed by atoms with Crippen LogP contribution in [0.2, 0.25) is 0 Å². The minimum atomic E-state index is 0.435. The fourth-order valence-electron chi connectivity index (χ4n) is 2.02. The van der Waals surface area contributed by atoms with E-state index in [0.29, 0.717) is 28.2 Å². The summed E-state index contributed by atoms with van der Waals surface area (Å²) < 4.78 is 11.0. The maximum absolute atomic E-state index is 8.79. The number of benzene rings is 2. The van der Waals surface area contributed by atoms with Crippen LogP contribution in [0, 0.1) is 11.3 Å². The van der Waals surface area contributed by atoms with Gasteiger partial charge in [-0.05, 0) is 29.8 Å². The molecule has 6 heteroatoms. The van der Waals surface area contributed by atoms with Crippen LogP contribution in [0.15, 0.2) is 58.2 Å². The number of para-hydroxylation sites is 1. The molecule has 23 heavy (non-hydrogen) atoms. The SMILES string of the molecule is COc1ccccc1-c1nnc(SCc2ccc(C#N)cc2)o1. The Kier molecular flexibility index (Phi) is 4.60. The van der Waals surface area contributed by atoms with Crippen LogP contribution in [0.4, 0.5) is 0 Å². The molecule has 0 unspecified atom stereocenters. The third-order valence-corrected chi connectivity index (χ3v) is 4.08. The quantitative estimate of drug-likeness (QED) is 0.663. The Bertz CT molecular complexity index is 838. The smallest absolute Gasteiger partial charge is 0.277 e. The number of hydrogen-bond acceptors (Lipinski definition) is 6. The molecule has 5 nitrogen and oxygen atoms in total. The first-order chi connectivity index (χ1) is 11.3. The molecule has 0 bridgehead atoms. The van der Waals surface area contributed by atoms with Gasteiger partial charge in [0.05, 0.1) is 24.3 Å². The van der Waals surface area contributed by atoms with Crippen molar-refractivity contribution in [3.63, 3.8) is 0 Å². The summed E-state index contributed by atoms with van der Waals surface area (Å²) in [5.74, 6) is 1.82. The Morgan fingerprint density at radius 1 is 1.13 bits per heavy atom. The molecule has 0 fully saturated rings. The lowest BCUT2D eigenvalue weighted by Crippen LogP contribution is -1.87. The molecular weight excluding hydrogens is 310 g/mol. The number of methoxy groups -OCH3 is 1. The highest BCUT2D eigenvalue weighted by Gasteiger charge is 2.13. The monoisotopic (exact) mass is 323 g/mol. The number of rotatable bonds is 5. The summed E-state index contributed by atoms with van der Waals surface area (Å²) in [6.45, 7) is 0. The molecule has 0 atom stereocenters. The molecule has 1 heterocycles. The van der Waals surface area contributed by atoms with Gasteiger partial charge in [0.2, 0.25) is 0 Å². The van der Waals surface area contributed by atoms with Crippen molar-refractivity contribution in [2.45, 2.75) is 11.0 Å². The summed E-state index contributed by atoms with van der Waals surface area (Å²) in [6.07, 6.45) is 0. The van der Waals surface area contributed by atoms with Gasteiger partial charge in [-0.15, -0.1) is 10.2 Å². The number of ether oxygens (including phenoxy) is 1. The van der Waals surface area contributed by atoms with Gasteiger partial charge in [-0.3, -0.25) is 0 Å². The molecule has 0 spiro atoms. The van der Waals surface area contributed by atoms with Gasteiger partial charge in [-0.1, -0.05) is 36.0 Å². The van der Waals surface area contributed by atoms with Gasteiger partial charge in [0.15, 0.2) is 0 Å². The van der Waals surface area contributed by atoms with Gasteiger partial charge in [0.1, 0.15) is 5.75 Å². The van der Waals surface area contributed by atoms with Crippen molar-refractivity contribution in [3.8, 4) is 23.3 Å². The van der Waals surface area contributed by atoms with Gasteiger partial charge < -0.3 is 9.15 Å². The lowest BCUT2D eigenvalue weighted by Gasteiger charge is -2.03.